The van der Waals surface area contributed by atoms with Crippen LogP contribution in [0.3, 0.4) is 0 Å². The molecule has 3 saturated carbocycles. The minimum atomic E-state index is -1.76. The zero-order valence-corrected chi connectivity index (χ0v) is 21.4. The van der Waals surface area contributed by atoms with Gasteiger partial charge in [0.2, 0.25) is 5.78 Å². The molecule has 3 aliphatic carbocycles. The summed E-state index contributed by atoms with van der Waals surface area (Å²) in [5, 5.41) is 11.7. The normalized spacial score (nSPS) is 44.9. The maximum absolute atomic E-state index is 13.4. The molecule has 5 aliphatic rings. The highest BCUT2D eigenvalue weighted by molar-refractivity contribution is 5.88. The second-order valence-electron chi connectivity index (χ2n) is 12.8. The van der Waals surface area contributed by atoms with E-state index in [1.165, 1.54) is 23.1 Å². The molecule has 0 aromatic carbocycles. The van der Waals surface area contributed by atoms with Crippen molar-refractivity contribution in [2.24, 2.45) is 40.4 Å². The zero-order chi connectivity index (χ0) is 23.9. The molecule has 4 nitrogen and oxygen atoms in total. The topological polar surface area (TPSA) is 55.8 Å². The van der Waals surface area contributed by atoms with Gasteiger partial charge in [0.1, 0.15) is 5.76 Å². The van der Waals surface area contributed by atoms with Crippen LogP contribution >= 0.6 is 0 Å². The van der Waals surface area contributed by atoms with Gasteiger partial charge < -0.3 is 14.6 Å². The number of carbonyl (C=O) groups excluding carboxylic acids is 1. The van der Waals surface area contributed by atoms with Crippen molar-refractivity contribution in [2.45, 2.75) is 98.7 Å². The molecule has 2 heterocycles. The van der Waals surface area contributed by atoms with E-state index >= 15 is 0 Å². The number of hydrogen-bond acceptors (Lipinski definition) is 4. The molecular formula is C29H42O4. The standard InChI is InChI=1S/C29H42O4/c1-16(2)19-8-10-27(6)15-25(30)29(31)23(22(27)13-19)14-24-26(33-29)32-18(5)21-12-20(17(3)4)9-11-28(21,24)7/h16,19-20,22-23,31H,3,8-15H2,1-2,4-7H3/t19-,20-,22?,23+,27+,28-,29+/m1/s1. The van der Waals surface area contributed by atoms with Crippen LogP contribution in [0.2, 0.25) is 0 Å². The van der Waals surface area contributed by atoms with Crippen molar-refractivity contribution < 1.29 is 19.4 Å². The molecule has 4 heteroatoms. The number of fused-ring (bicyclic) bond motifs is 5. The second-order valence-corrected chi connectivity index (χ2v) is 12.8. The van der Waals surface area contributed by atoms with E-state index in [-0.39, 0.29) is 28.4 Å². The molecule has 0 radical (unpaired) electrons. The molecule has 33 heavy (non-hydrogen) atoms. The average molecular weight is 455 g/mol. The molecular weight excluding hydrogens is 412 g/mol. The molecule has 0 bridgehead atoms. The van der Waals surface area contributed by atoms with Crippen molar-refractivity contribution in [3.8, 4) is 0 Å². The minimum Gasteiger partial charge on any atom is -0.431 e. The third-order valence-electron chi connectivity index (χ3n) is 10.5. The van der Waals surface area contributed by atoms with E-state index in [1.54, 1.807) is 0 Å². The van der Waals surface area contributed by atoms with Crippen LogP contribution < -0.4 is 0 Å². The van der Waals surface area contributed by atoms with Gasteiger partial charge in [0.25, 0.3) is 11.7 Å². The van der Waals surface area contributed by atoms with Gasteiger partial charge in [-0.05, 0) is 93.5 Å². The van der Waals surface area contributed by atoms with Crippen molar-refractivity contribution >= 4 is 5.78 Å². The van der Waals surface area contributed by atoms with Crippen molar-refractivity contribution in [3.05, 3.63) is 35.0 Å². The van der Waals surface area contributed by atoms with Crippen LogP contribution in [-0.2, 0) is 14.3 Å². The fourth-order valence-corrected chi connectivity index (χ4v) is 8.00. The second kappa shape index (κ2) is 7.47. The summed E-state index contributed by atoms with van der Waals surface area (Å²) < 4.78 is 12.5. The Morgan fingerprint density at radius 3 is 2.52 bits per heavy atom. The Labute approximate surface area is 199 Å². The average Bonchev–Trinajstić information content (AvgIpc) is 2.72. The van der Waals surface area contributed by atoms with Gasteiger partial charge in [0.05, 0.1) is 0 Å². The summed E-state index contributed by atoms with van der Waals surface area (Å²) in [6.07, 6.45) is 7.48. The van der Waals surface area contributed by atoms with E-state index in [0.717, 1.165) is 37.9 Å². The predicted molar refractivity (Wildman–Crippen MR) is 129 cm³/mol. The Morgan fingerprint density at radius 1 is 1.12 bits per heavy atom. The molecule has 0 saturated heterocycles. The van der Waals surface area contributed by atoms with E-state index in [2.05, 4.69) is 41.2 Å². The number of ketones is 1. The van der Waals surface area contributed by atoms with Gasteiger partial charge in [0.15, 0.2) is 0 Å². The molecule has 0 aromatic heterocycles. The highest BCUT2D eigenvalue weighted by atomic mass is 16.7. The molecule has 1 N–H and O–H groups in total. The number of carbonyl (C=O) groups is 1. The Morgan fingerprint density at radius 2 is 1.85 bits per heavy atom. The summed E-state index contributed by atoms with van der Waals surface area (Å²) in [6.45, 7) is 17.6. The highest BCUT2D eigenvalue weighted by Crippen LogP contribution is 2.64. The molecule has 0 aromatic rings. The van der Waals surface area contributed by atoms with Gasteiger partial charge >= 0.3 is 0 Å². The SMILES string of the molecule is C=C(C)[C@@H]1CC[C@]2(C)C(=C(C)OC3=C2C[C@H]2C4C[C@H](C(C)C)CC[C@@]4(C)CC(=O)[C@@]2(O)O3)C1. The number of hydrogen-bond donors (Lipinski definition) is 1. The van der Waals surface area contributed by atoms with E-state index in [0.29, 0.717) is 36.5 Å². The summed E-state index contributed by atoms with van der Waals surface area (Å²) in [5.74, 6) is 1.17. The summed E-state index contributed by atoms with van der Waals surface area (Å²) in [6, 6.07) is 0. The smallest absolute Gasteiger partial charge is 0.287 e. The highest BCUT2D eigenvalue weighted by Gasteiger charge is 2.65. The first kappa shape index (κ1) is 23.2. The van der Waals surface area contributed by atoms with E-state index in [1.807, 2.05) is 6.92 Å². The summed E-state index contributed by atoms with van der Waals surface area (Å²) >= 11 is 0. The quantitative estimate of drug-likeness (QED) is 0.474. The molecule has 2 aliphatic heterocycles. The van der Waals surface area contributed by atoms with Crippen molar-refractivity contribution in [1.29, 1.82) is 0 Å². The summed E-state index contributed by atoms with van der Waals surface area (Å²) in [5.41, 5.74) is 3.57. The molecule has 182 valence electrons. The van der Waals surface area contributed by atoms with Gasteiger partial charge in [-0.25, -0.2) is 0 Å². The minimum absolute atomic E-state index is 0.0522. The Kier molecular flexibility index (Phi) is 5.25. The number of ether oxygens (including phenoxy) is 2. The largest absolute Gasteiger partial charge is 0.431 e. The molecule has 7 atom stereocenters. The van der Waals surface area contributed by atoms with Crippen LogP contribution in [0.1, 0.15) is 92.9 Å². The first-order valence-electron chi connectivity index (χ1n) is 13.1. The van der Waals surface area contributed by atoms with E-state index in [4.69, 9.17) is 9.47 Å². The molecule has 3 fully saturated rings. The lowest BCUT2D eigenvalue weighted by Crippen LogP contribution is -2.63. The zero-order valence-electron chi connectivity index (χ0n) is 21.4. The molecule has 5 rings (SSSR count). The number of rotatable bonds is 2. The Bertz CT molecular complexity index is 957. The van der Waals surface area contributed by atoms with Crippen LogP contribution in [0.5, 0.6) is 0 Å². The first-order chi connectivity index (χ1) is 15.4. The number of allylic oxidation sites excluding steroid dienone is 4. The Hall–Kier alpha value is -1.55. The fourth-order valence-electron chi connectivity index (χ4n) is 8.00. The van der Waals surface area contributed by atoms with Gasteiger partial charge in [-0.15, -0.1) is 0 Å². The Balaban J connectivity index is 1.53. The molecule has 1 unspecified atom stereocenters. The van der Waals surface area contributed by atoms with Crippen LogP contribution in [-0.4, -0.2) is 16.7 Å². The number of aliphatic hydroxyl groups is 1. The van der Waals surface area contributed by atoms with Crippen molar-refractivity contribution in [3.63, 3.8) is 0 Å². The predicted octanol–water partition coefficient (Wildman–Crippen LogP) is 6.66. The van der Waals surface area contributed by atoms with E-state index < -0.39 is 5.79 Å². The van der Waals surface area contributed by atoms with Gasteiger partial charge in [-0.2, -0.15) is 0 Å². The van der Waals surface area contributed by atoms with Gasteiger partial charge in [-0.1, -0.05) is 39.8 Å². The van der Waals surface area contributed by atoms with Crippen LogP contribution in [0.15, 0.2) is 35.0 Å². The summed E-state index contributed by atoms with van der Waals surface area (Å²) in [4.78, 5) is 13.4. The third-order valence-corrected chi connectivity index (χ3v) is 10.5. The first-order valence-corrected chi connectivity index (χ1v) is 13.1. The van der Waals surface area contributed by atoms with Crippen molar-refractivity contribution in [2.75, 3.05) is 0 Å². The van der Waals surface area contributed by atoms with Crippen LogP contribution in [0.4, 0.5) is 0 Å². The maximum Gasteiger partial charge on any atom is 0.287 e. The lowest BCUT2D eigenvalue weighted by Gasteiger charge is -2.58. The fraction of sp³-hybridized carbons (Fsp3) is 0.759. The van der Waals surface area contributed by atoms with E-state index in [9.17, 15) is 9.90 Å². The van der Waals surface area contributed by atoms with Gasteiger partial charge in [-0.3, -0.25) is 4.79 Å². The third kappa shape index (κ3) is 3.30. The molecule has 0 amide bonds. The summed E-state index contributed by atoms with van der Waals surface area (Å²) in [7, 11) is 0. The monoisotopic (exact) mass is 454 g/mol. The molecule has 0 spiro atoms. The lowest BCUT2D eigenvalue weighted by molar-refractivity contribution is -0.270. The van der Waals surface area contributed by atoms with Crippen molar-refractivity contribution in [1.82, 2.24) is 0 Å². The van der Waals surface area contributed by atoms with Crippen LogP contribution in [0.25, 0.3) is 0 Å². The maximum atomic E-state index is 13.4. The van der Waals surface area contributed by atoms with Crippen LogP contribution in [0, 0.1) is 40.4 Å². The van der Waals surface area contributed by atoms with Gasteiger partial charge in [0, 0.05) is 23.3 Å². The number of Topliss-reactive ketones (excluding diaryl/α,β-unsaturated/α-hetero) is 1. The lowest BCUT2D eigenvalue weighted by atomic mass is 9.50.